The molecular weight excluding hydrogens is 212 g/mol. The lowest BCUT2D eigenvalue weighted by Gasteiger charge is -2.14. The van der Waals surface area contributed by atoms with Gasteiger partial charge in [0.05, 0.1) is 17.2 Å². The Morgan fingerprint density at radius 1 is 1.50 bits per heavy atom. The molecule has 0 atom stereocenters. The van der Waals surface area contributed by atoms with Gasteiger partial charge in [-0.05, 0) is 18.6 Å². The van der Waals surface area contributed by atoms with E-state index in [9.17, 15) is 14.9 Å². The molecule has 1 aromatic rings. The molecule has 0 bridgehead atoms. The summed E-state index contributed by atoms with van der Waals surface area (Å²) in [6, 6.07) is 4.40. The van der Waals surface area contributed by atoms with E-state index in [0.29, 0.717) is 24.4 Å². The number of nitrogens with zero attached hydrogens (tertiary/aromatic N) is 2. The third-order valence-electron chi connectivity index (χ3n) is 2.44. The first-order valence-corrected chi connectivity index (χ1v) is 4.79. The summed E-state index contributed by atoms with van der Waals surface area (Å²) in [6.07, 6.45) is -0.406. The van der Waals surface area contributed by atoms with Gasteiger partial charge in [-0.15, -0.1) is 0 Å². The van der Waals surface area contributed by atoms with E-state index in [1.54, 1.807) is 13.0 Å². The van der Waals surface area contributed by atoms with Gasteiger partial charge in [-0.3, -0.25) is 15.0 Å². The summed E-state index contributed by atoms with van der Waals surface area (Å²) in [5.41, 5.74) is 1.37. The standard InChI is InChI=1S/C10H10N2O4/c1-7-6-8(12(14)15)2-3-9(7)11-4-5-16-10(11)13/h2-3,6H,4-5H2,1H3. The number of aryl methyl sites for hydroxylation is 1. The van der Waals surface area contributed by atoms with Crippen LogP contribution in [0.15, 0.2) is 18.2 Å². The number of hydrogen-bond acceptors (Lipinski definition) is 4. The number of carbonyl (C=O) groups is 1. The lowest BCUT2D eigenvalue weighted by Crippen LogP contribution is -2.24. The van der Waals surface area contributed by atoms with Crippen LogP contribution in [-0.4, -0.2) is 24.2 Å². The zero-order valence-corrected chi connectivity index (χ0v) is 8.67. The first-order chi connectivity index (χ1) is 7.59. The second kappa shape index (κ2) is 3.80. The maximum Gasteiger partial charge on any atom is 0.414 e. The summed E-state index contributed by atoms with van der Waals surface area (Å²) in [7, 11) is 0. The second-order valence-electron chi connectivity index (χ2n) is 3.49. The summed E-state index contributed by atoms with van der Waals surface area (Å²) >= 11 is 0. The average Bonchev–Trinajstić information content (AvgIpc) is 2.64. The average molecular weight is 222 g/mol. The molecule has 84 valence electrons. The molecule has 1 saturated heterocycles. The van der Waals surface area contributed by atoms with Crippen molar-refractivity contribution in [3.63, 3.8) is 0 Å². The molecule has 0 radical (unpaired) electrons. The van der Waals surface area contributed by atoms with Gasteiger partial charge in [-0.25, -0.2) is 4.79 Å². The van der Waals surface area contributed by atoms with Crippen LogP contribution in [0.3, 0.4) is 0 Å². The van der Waals surface area contributed by atoms with Crippen LogP contribution >= 0.6 is 0 Å². The monoisotopic (exact) mass is 222 g/mol. The lowest BCUT2D eigenvalue weighted by atomic mass is 10.1. The quantitative estimate of drug-likeness (QED) is 0.565. The number of amides is 1. The van der Waals surface area contributed by atoms with Gasteiger partial charge in [0.1, 0.15) is 6.61 Å². The number of nitro benzene ring substituents is 1. The zero-order valence-electron chi connectivity index (χ0n) is 8.67. The van der Waals surface area contributed by atoms with Crippen LogP contribution in [0.25, 0.3) is 0 Å². The Kier molecular flexibility index (Phi) is 2.47. The van der Waals surface area contributed by atoms with Crippen molar-refractivity contribution in [1.29, 1.82) is 0 Å². The fraction of sp³-hybridized carbons (Fsp3) is 0.300. The third kappa shape index (κ3) is 1.69. The van der Waals surface area contributed by atoms with Crippen molar-refractivity contribution in [3.05, 3.63) is 33.9 Å². The van der Waals surface area contributed by atoms with E-state index in [2.05, 4.69) is 0 Å². The van der Waals surface area contributed by atoms with E-state index < -0.39 is 11.0 Å². The van der Waals surface area contributed by atoms with Gasteiger partial charge in [-0.1, -0.05) is 0 Å². The summed E-state index contributed by atoms with van der Waals surface area (Å²) in [5.74, 6) is 0. The predicted molar refractivity (Wildman–Crippen MR) is 56.5 cm³/mol. The Labute approximate surface area is 91.6 Å². The number of rotatable bonds is 2. The van der Waals surface area contributed by atoms with Crippen molar-refractivity contribution in [2.75, 3.05) is 18.1 Å². The molecule has 16 heavy (non-hydrogen) atoms. The molecule has 6 nitrogen and oxygen atoms in total. The van der Waals surface area contributed by atoms with Gasteiger partial charge in [-0.2, -0.15) is 0 Å². The Balaban J connectivity index is 2.36. The Hall–Kier alpha value is -2.11. The minimum Gasteiger partial charge on any atom is -0.447 e. The molecule has 2 rings (SSSR count). The summed E-state index contributed by atoms with van der Waals surface area (Å²) < 4.78 is 4.81. The highest BCUT2D eigenvalue weighted by Gasteiger charge is 2.25. The Bertz CT molecular complexity index is 458. The highest BCUT2D eigenvalue weighted by atomic mass is 16.6. The van der Waals surface area contributed by atoms with E-state index in [1.807, 2.05) is 0 Å². The normalized spacial score (nSPS) is 15.1. The second-order valence-corrected chi connectivity index (χ2v) is 3.49. The smallest absolute Gasteiger partial charge is 0.414 e. The lowest BCUT2D eigenvalue weighted by molar-refractivity contribution is -0.384. The van der Waals surface area contributed by atoms with Crippen LogP contribution in [0, 0.1) is 17.0 Å². The molecule has 0 aliphatic carbocycles. The van der Waals surface area contributed by atoms with Crippen LogP contribution in [0.2, 0.25) is 0 Å². The Morgan fingerprint density at radius 2 is 2.25 bits per heavy atom. The molecule has 1 aromatic carbocycles. The fourth-order valence-electron chi connectivity index (χ4n) is 1.67. The van der Waals surface area contributed by atoms with Gasteiger partial charge in [0, 0.05) is 12.1 Å². The highest BCUT2D eigenvalue weighted by Crippen LogP contribution is 2.26. The van der Waals surface area contributed by atoms with Gasteiger partial charge in [0.2, 0.25) is 0 Å². The van der Waals surface area contributed by atoms with Crippen molar-refractivity contribution in [2.24, 2.45) is 0 Å². The van der Waals surface area contributed by atoms with Gasteiger partial charge >= 0.3 is 6.09 Å². The molecule has 1 aliphatic heterocycles. The first-order valence-electron chi connectivity index (χ1n) is 4.79. The van der Waals surface area contributed by atoms with Crippen molar-refractivity contribution < 1.29 is 14.5 Å². The van der Waals surface area contributed by atoms with Crippen LogP contribution in [0.1, 0.15) is 5.56 Å². The minimum absolute atomic E-state index is 0.0221. The maximum atomic E-state index is 11.3. The first kappa shape index (κ1) is 10.4. The number of ether oxygens (including phenoxy) is 1. The third-order valence-corrected chi connectivity index (χ3v) is 2.44. The molecule has 0 aromatic heterocycles. The van der Waals surface area contributed by atoms with Gasteiger partial charge in [0.25, 0.3) is 5.69 Å². The fourth-order valence-corrected chi connectivity index (χ4v) is 1.67. The molecule has 1 aliphatic rings. The number of anilines is 1. The molecule has 0 saturated carbocycles. The minimum atomic E-state index is -0.459. The summed E-state index contributed by atoms with van der Waals surface area (Å²) in [5, 5.41) is 10.6. The van der Waals surface area contributed by atoms with Gasteiger partial charge < -0.3 is 4.74 Å². The van der Waals surface area contributed by atoms with Crippen molar-refractivity contribution in [3.8, 4) is 0 Å². The van der Waals surface area contributed by atoms with E-state index in [-0.39, 0.29) is 5.69 Å². The molecular formula is C10H10N2O4. The van der Waals surface area contributed by atoms with E-state index in [0.717, 1.165) is 0 Å². The molecule has 6 heteroatoms. The summed E-state index contributed by atoms with van der Waals surface area (Å²) in [4.78, 5) is 22.9. The Morgan fingerprint density at radius 3 is 2.75 bits per heavy atom. The summed E-state index contributed by atoms with van der Waals surface area (Å²) in [6.45, 7) is 2.57. The van der Waals surface area contributed by atoms with Crippen molar-refractivity contribution in [2.45, 2.75) is 6.92 Å². The van der Waals surface area contributed by atoms with Crippen molar-refractivity contribution >= 4 is 17.5 Å². The molecule has 1 amide bonds. The highest BCUT2D eigenvalue weighted by molar-refractivity contribution is 5.90. The number of non-ortho nitro benzene ring substituents is 1. The predicted octanol–water partition coefficient (Wildman–Crippen LogP) is 1.86. The zero-order chi connectivity index (χ0) is 11.7. The van der Waals surface area contributed by atoms with Crippen LogP contribution in [-0.2, 0) is 4.74 Å². The van der Waals surface area contributed by atoms with E-state index in [1.165, 1.54) is 17.0 Å². The van der Waals surface area contributed by atoms with Crippen LogP contribution < -0.4 is 4.90 Å². The van der Waals surface area contributed by atoms with E-state index in [4.69, 9.17) is 4.74 Å². The van der Waals surface area contributed by atoms with Crippen molar-refractivity contribution in [1.82, 2.24) is 0 Å². The SMILES string of the molecule is Cc1cc([N+](=O)[O-])ccc1N1CCOC1=O. The molecule has 0 N–H and O–H groups in total. The largest absolute Gasteiger partial charge is 0.447 e. The van der Waals surface area contributed by atoms with Crippen LogP contribution in [0.4, 0.5) is 16.2 Å². The topological polar surface area (TPSA) is 72.7 Å². The molecule has 0 unspecified atom stereocenters. The molecule has 0 spiro atoms. The maximum absolute atomic E-state index is 11.3. The number of nitro groups is 1. The molecule has 1 fully saturated rings. The number of carbonyl (C=O) groups excluding carboxylic acids is 1. The number of cyclic esters (lactones) is 1. The van der Waals surface area contributed by atoms with Crippen LogP contribution in [0.5, 0.6) is 0 Å². The number of benzene rings is 1. The van der Waals surface area contributed by atoms with E-state index >= 15 is 0 Å². The number of hydrogen-bond donors (Lipinski definition) is 0. The molecule has 1 heterocycles. The van der Waals surface area contributed by atoms with Gasteiger partial charge in [0.15, 0.2) is 0 Å².